The third-order valence-electron chi connectivity index (χ3n) is 3.70. The molecule has 1 aromatic carbocycles. The molecule has 0 aliphatic heterocycles. The Kier molecular flexibility index (Phi) is 5.74. The van der Waals surface area contributed by atoms with Crippen molar-refractivity contribution in [2.24, 2.45) is 5.41 Å². The van der Waals surface area contributed by atoms with E-state index >= 15 is 0 Å². The molecule has 2 N–H and O–H groups in total. The van der Waals surface area contributed by atoms with Crippen LogP contribution in [0.4, 0.5) is 0 Å². The molecule has 4 nitrogen and oxygen atoms in total. The highest BCUT2D eigenvalue weighted by atomic mass is 32.2. The molecule has 0 atom stereocenters. The first-order valence-corrected chi connectivity index (χ1v) is 8.44. The standard InChI is InChI=1S/C15H26N2O2S/c1-6-15(3,4)11-17-20(18,19)14-8-7-12(2)13(9-14)10-16-5/h7-9,16-17H,6,10-11H2,1-5H3. The Bertz CT molecular complexity index is 551. The zero-order chi connectivity index (χ0) is 15.4. The molecule has 1 rings (SSSR count). The summed E-state index contributed by atoms with van der Waals surface area (Å²) in [5.74, 6) is 0. The minimum Gasteiger partial charge on any atom is -0.316 e. The van der Waals surface area contributed by atoms with Crippen LogP contribution in [0.1, 0.15) is 38.3 Å². The molecule has 0 aliphatic rings. The van der Waals surface area contributed by atoms with Gasteiger partial charge in [0.25, 0.3) is 0 Å². The molecule has 0 aliphatic carbocycles. The lowest BCUT2D eigenvalue weighted by Gasteiger charge is -2.23. The molecule has 114 valence electrons. The van der Waals surface area contributed by atoms with E-state index in [0.717, 1.165) is 17.5 Å². The lowest BCUT2D eigenvalue weighted by Crippen LogP contribution is -2.33. The molecular formula is C15H26N2O2S. The molecule has 0 heterocycles. The first-order chi connectivity index (χ1) is 9.22. The minimum atomic E-state index is -3.44. The number of hydrogen-bond donors (Lipinski definition) is 2. The topological polar surface area (TPSA) is 58.2 Å². The highest BCUT2D eigenvalue weighted by Crippen LogP contribution is 2.20. The van der Waals surface area contributed by atoms with Gasteiger partial charge in [-0.25, -0.2) is 13.1 Å². The van der Waals surface area contributed by atoms with Crippen molar-refractivity contribution < 1.29 is 8.42 Å². The molecule has 0 unspecified atom stereocenters. The number of hydrogen-bond acceptors (Lipinski definition) is 3. The van der Waals surface area contributed by atoms with Crippen LogP contribution in [0.25, 0.3) is 0 Å². The monoisotopic (exact) mass is 298 g/mol. The maximum atomic E-state index is 12.3. The third kappa shape index (κ3) is 4.58. The van der Waals surface area contributed by atoms with Crippen LogP contribution in [0.15, 0.2) is 23.1 Å². The second-order valence-corrected chi connectivity index (χ2v) is 7.73. The van der Waals surface area contributed by atoms with Gasteiger partial charge in [-0.1, -0.05) is 26.8 Å². The maximum Gasteiger partial charge on any atom is 0.240 e. The number of benzene rings is 1. The third-order valence-corrected chi connectivity index (χ3v) is 5.09. The Morgan fingerprint density at radius 1 is 1.25 bits per heavy atom. The van der Waals surface area contributed by atoms with Gasteiger partial charge in [-0.15, -0.1) is 0 Å². The van der Waals surface area contributed by atoms with Gasteiger partial charge in [-0.05, 0) is 49.1 Å². The van der Waals surface area contributed by atoms with Gasteiger partial charge in [0.05, 0.1) is 4.90 Å². The fourth-order valence-electron chi connectivity index (χ4n) is 1.69. The van der Waals surface area contributed by atoms with E-state index in [2.05, 4.69) is 30.8 Å². The van der Waals surface area contributed by atoms with Gasteiger partial charge < -0.3 is 5.32 Å². The van der Waals surface area contributed by atoms with Crippen LogP contribution in [-0.2, 0) is 16.6 Å². The van der Waals surface area contributed by atoms with Gasteiger partial charge in [0.2, 0.25) is 10.0 Å². The summed E-state index contributed by atoms with van der Waals surface area (Å²) in [6.45, 7) is 9.26. The largest absolute Gasteiger partial charge is 0.316 e. The van der Waals surface area contributed by atoms with E-state index in [4.69, 9.17) is 0 Å². The summed E-state index contributed by atoms with van der Waals surface area (Å²) in [6.07, 6.45) is 0.925. The average molecular weight is 298 g/mol. The Hall–Kier alpha value is -0.910. The highest BCUT2D eigenvalue weighted by molar-refractivity contribution is 7.89. The molecule has 20 heavy (non-hydrogen) atoms. The van der Waals surface area contributed by atoms with Crippen molar-refractivity contribution in [3.63, 3.8) is 0 Å². The van der Waals surface area contributed by atoms with Crippen molar-refractivity contribution in [1.82, 2.24) is 10.0 Å². The highest BCUT2D eigenvalue weighted by Gasteiger charge is 2.21. The van der Waals surface area contributed by atoms with Crippen molar-refractivity contribution in [1.29, 1.82) is 0 Å². The zero-order valence-corrected chi connectivity index (χ0v) is 13.9. The minimum absolute atomic E-state index is 0.0361. The molecule has 0 saturated heterocycles. The van der Waals surface area contributed by atoms with Gasteiger partial charge >= 0.3 is 0 Å². The molecule has 1 aromatic rings. The summed E-state index contributed by atoms with van der Waals surface area (Å²) in [4.78, 5) is 0.334. The van der Waals surface area contributed by atoms with Crippen LogP contribution in [0.2, 0.25) is 0 Å². The number of aryl methyl sites for hydroxylation is 1. The second kappa shape index (κ2) is 6.70. The van der Waals surface area contributed by atoms with Gasteiger partial charge in [-0.3, -0.25) is 0 Å². The van der Waals surface area contributed by atoms with Crippen molar-refractivity contribution in [2.75, 3.05) is 13.6 Å². The molecule has 0 saturated carbocycles. The summed E-state index contributed by atoms with van der Waals surface area (Å²) in [5.41, 5.74) is 2.06. The first-order valence-electron chi connectivity index (χ1n) is 6.95. The number of rotatable bonds is 7. The predicted octanol–water partition coefficient (Wildman–Crippen LogP) is 2.43. The molecule has 0 fully saturated rings. The summed E-state index contributed by atoms with van der Waals surface area (Å²) in [7, 11) is -1.59. The fourth-order valence-corrected chi connectivity index (χ4v) is 2.99. The summed E-state index contributed by atoms with van der Waals surface area (Å²) >= 11 is 0. The van der Waals surface area contributed by atoms with E-state index in [-0.39, 0.29) is 5.41 Å². The average Bonchev–Trinajstić information content (AvgIpc) is 2.39. The normalized spacial score (nSPS) is 12.7. The van der Waals surface area contributed by atoms with Crippen molar-refractivity contribution in [3.8, 4) is 0 Å². The van der Waals surface area contributed by atoms with E-state index in [9.17, 15) is 8.42 Å². The van der Waals surface area contributed by atoms with Gasteiger partial charge in [-0.2, -0.15) is 0 Å². The van der Waals surface area contributed by atoms with Crippen LogP contribution < -0.4 is 10.0 Å². The van der Waals surface area contributed by atoms with Crippen molar-refractivity contribution in [3.05, 3.63) is 29.3 Å². The smallest absolute Gasteiger partial charge is 0.240 e. The van der Waals surface area contributed by atoms with E-state index in [1.165, 1.54) is 0 Å². The van der Waals surface area contributed by atoms with Crippen LogP contribution in [0.3, 0.4) is 0 Å². The van der Waals surface area contributed by atoms with Crippen LogP contribution in [-0.4, -0.2) is 22.0 Å². The lowest BCUT2D eigenvalue weighted by molar-refractivity contribution is 0.350. The van der Waals surface area contributed by atoms with Crippen LogP contribution in [0.5, 0.6) is 0 Å². The Balaban J connectivity index is 2.95. The van der Waals surface area contributed by atoms with Crippen LogP contribution in [0, 0.1) is 12.3 Å². The maximum absolute atomic E-state index is 12.3. The van der Waals surface area contributed by atoms with Gasteiger partial charge in [0.1, 0.15) is 0 Å². The fraction of sp³-hybridized carbons (Fsp3) is 0.600. The summed E-state index contributed by atoms with van der Waals surface area (Å²) < 4.78 is 27.4. The summed E-state index contributed by atoms with van der Waals surface area (Å²) in [5, 5.41) is 3.05. The predicted molar refractivity (Wildman–Crippen MR) is 83.2 cm³/mol. The lowest BCUT2D eigenvalue weighted by atomic mass is 9.91. The molecule has 5 heteroatoms. The van der Waals surface area contributed by atoms with Crippen LogP contribution >= 0.6 is 0 Å². The number of sulfonamides is 1. The first kappa shape index (κ1) is 17.1. The Labute approximate surface area is 123 Å². The molecule has 0 spiro atoms. The van der Waals surface area contributed by atoms with Gasteiger partial charge in [0, 0.05) is 13.1 Å². The SMILES string of the molecule is CCC(C)(C)CNS(=O)(=O)c1ccc(C)c(CNC)c1. The summed E-state index contributed by atoms with van der Waals surface area (Å²) in [6, 6.07) is 5.26. The van der Waals surface area contributed by atoms with E-state index in [1.807, 2.05) is 20.0 Å². The second-order valence-electron chi connectivity index (χ2n) is 5.96. The molecule has 0 bridgehead atoms. The number of nitrogens with one attached hydrogen (secondary N) is 2. The zero-order valence-electron chi connectivity index (χ0n) is 13.1. The van der Waals surface area contributed by atoms with E-state index < -0.39 is 10.0 Å². The van der Waals surface area contributed by atoms with Crippen molar-refractivity contribution in [2.45, 2.75) is 45.6 Å². The van der Waals surface area contributed by atoms with Crippen molar-refractivity contribution >= 4 is 10.0 Å². The quantitative estimate of drug-likeness (QED) is 0.813. The molecule has 0 amide bonds. The molecular weight excluding hydrogens is 272 g/mol. The van der Waals surface area contributed by atoms with Gasteiger partial charge in [0.15, 0.2) is 0 Å². The Morgan fingerprint density at radius 2 is 1.90 bits per heavy atom. The molecule has 0 radical (unpaired) electrons. The van der Waals surface area contributed by atoms with E-state index in [1.54, 1.807) is 12.1 Å². The van der Waals surface area contributed by atoms with E-state index in [0.29, 0.717) is 18.0 Å². The molecule has 0 aromatic heterocycles. The Morgan fingerprint density at radius 3 is 2.45 bits per heavy atom.